The van der Waals surface area contributed by atoms with Gasteiger partial charge in [-0.3, -0.25) is 14.9 Å². The quantitative estimate of drug-likeness (QED) is 0.323. The van der Waals surface area contributed by atoms with Crippen molar-refractivity contribution in [2.45, 2.75) is 0 Å². The fourth-order valence-electron chi connectivity index (χ4n) is 2.94. The molecule has 0 aliphatic heterocycles. The first-order valence-electron chi connectivity index (χ1n) is 9.26. The highest BCUT2D eigenvalue weighted by atomic mass is 79.9. The Bertz CT molecular complexity index is 1270. The van der Waals surface area contributed by atoms with Gasteiger partial charge < -0.3 is 15.1 Å². The zero-order valence-corrected chi connectivity index (χ0v) is 18.4. The molecule has 8 heteroatoms. The summed E-state index contributed by atoms with van der Waals surface area (Å²) in [7, 11) is 0. The van der Waals surface area contributed by atoms with Crippen LogP contribution in [-0.2, 0) is 0 Å². The number of para-hydroxylation sites is 1. The predicted octanol–water partition coefficient (Wildman–Crippen LogP) is 5.57. The standard InChI is InChI=1S/C23H16BrN3O3S/c24-18-10-3-2-9-17(18)21(28)27-23(31)26-16-8-5-7-15(13-16)25-22(29)20-12-14-6-1-4-11-19(14)30-20/h1-13H,(H,25,29)(H2,26,27,28,31). The Labute approximate surface area is 191 Å². The minimum absolute atomic E-state index is 0.140. The average molecular weight is 494 g/mol. The second-order valence-electron chi connectivity index (χ2n) is 6.57. The lowest BCUT2D eigenvalue weighted by molar-refractivity contribution is 0.0974. The summed E-state index contributed by atoms with van der Waals surface area (Å²) in [6.07, 6.45) is 0. The molecule has 0 saturated heterocycles. The van der Waals surface area contributed by atoms with Gasteiger partial charge in [0.1, 0.15) is 5.58 Å². The van der Waals surface area contributed by atoms with Gasteiger partial charge >= 0.3 is 0 Å². The number of benzene rings is 3. The Morgan fingerprint density at radius 1 is 0.806 bits per heavy atom. The van der Waals surface area contributed by atoms with Crippen LogP contribution in [0.5, 0.6) is 0 Å². The fraction of sp³-hybridized carbons (Fsp3) is 0. The summed E-state index contributed by atoms with van der Waals surface area (Å²) in [5.41, 5.74) is 2.28. The lowest BCUT2D eigenvalue weighted by Crippen LogP contribution is -2.34. The first-order chi connectivity index (χ1) is 15.0. The van der Waals surface area contributed by atoms with E-state index in [4.69, 9.17) is 16.6 Å². The molecule has 0 aliphatic rings. The Hall–Kier alpha value is -3.49. The van der Waals surface area contributed by atoms with E-state index in [0.29, 0.717) is 27.0 Å². The Kier molecular flexibility index (Phi) is 6.11. The summed E-state index contributed by atoms with van der Waals surface area (Å²) >= 11 is 8.58. The van der Waals surface area contributed by atoms with Gasteiger partial charge in [0.2, 0.25) is 0 Å². The molecule has 4 aromatic rings. The van der Waals surface area contributed by atoms with Crippen LogP contribution >= 0.6 is 28.1 Å². The van der Waals surface area contributed by atoms with Gasteiger partial charge in [0.05, 0.1) is 5.56 Å². The third kappa shape index (κ3) is 4.99. The number of carbonyl (C=O) groups is 2. The van der Waals surface area contributed by atoms with Crippen molar-refractivity contribution in [3.8, 4) is 0 Å². The molecule has 3 N–H and O–H groups in total. The molecule has 0 aliphatic carbocycles. The molecule has 6 nitrogen and oxygen atoms in total. The molecule has 1 aromatic heterocycles. The van der Waals surface area contributed by atoms with Crippen molar-refractivity contribution in [1.29, 1.82) is 0 Å². The maximum absolute atomic E-state index is 12.5. The molecule has 2 amide bonds. The Balaban J connectivity index is 1.41. The first-order valence-corrected chi connectivity index (χ1v) is 10.5. The second kappa shape index (κ2) is 9.11. The number of thiocarbonyl (C=S) groups is 1. The maximum atomic E-state index is 12.5. The van der Waals surface area contributed by atoms with Crippen molar-refractivity contribution >= 4 is 67.4 Å². The van der Waals surface area contributed by atoms with Crippen LogP contribution < -0.4 is 16.0 Å². The Morgan fingerprint density at radius 3 is 2.29 bits per heavy atom. The van der Waals surface area contributed by atoms with E-state index >= 15 is 0 Å². The summed E-state index contributed by atoms with van der Waals surface area (Å²) in [6, 6.07) is 23.1. The minimum atomic E-state index is -0.363. The largest absolute Gasteiger partial charge is 0.451 e. The number of anilines is 2. The van der Waals surface area contributed by atoms with Crippen LogP contribution in [0.25, 0.3) is 11.0 Å². The minimum Gasteiger partial charge on any atom is -0.451 e. The highest BCUT2D eigenvalue weighted by molar-refractivity contribution is 9.10. The lowest BCUT2D eigenvalue weighted by atomic mass is 10.2. The molecule has 0 atom stereocenters. The van der Waals surface area contributed by atoms with Gasteiger partial charge in [0.25, 0.3) is 11.8 Å². The molecule has 0 saturated carbocycles. The third-order valence-corrected chi connectivity index (χ3v) is 5.27. The van der Waals surface area contributed by atoms with Crippen LogP contribution in [0.1, 0.15) is 20.9 Å². The average Bonchev–Trinajstić information content (AvgIpc) is 3.18. The highest BCUT2D eigenvalue weighted by Crippen LogP contribution is 2.21. The number of furan rings is 1. The summed E-state index contributed by atoms with van der Waals surface area (Å²) in [4.78, 5) is 24.9. The number of hydrogen-bond acceptors (Lipinski definition) is 4. The van der Waals surface area contributed by atoms with Crippen LogP contribution in [0.3, 0.4) is 0 Å². The number of nitrogens with one attached hydrogen (secondary N) is 3. The number of carbonyl (C=O) groups excluding carboxylic acids is 2. The van der Waals surface area contributed by atoms with Crippen molar-refractivity contribution in [3.63, 3.8) is 0 Å². The van der Waals surface area contributed by atoms with E-state index in [1.165, 1.54) is 0 Å². The molecular formula is C23H16BrN3O3S. The van der Waals surface area contributed by atoms with E-state index in [1.54, 1.807) is 54.6 Å². The number of halogens is 1. The molecule has 0 fully saturated rings. The first kappa shape index (κ1) is 20.8. The van der Waals surface area contributed by atoms with Crippen LogP contribution in [0, 0.1) is 0 Å². The van der Waals surface area contributed by atoms with Gasteiger partial charge in [-0.1, -0.05) is 36.4 Å². The van der Waals surface area contributed by atoms with Gasteiger partial charge in [0, 0.05) is 21.2 Å². The van der Waals surface area contributed by atoms with Crippen molar-refractivity contribution in [3.05, 3.63) is 94.7 Å². The summed E-state index contributed by atoms with van der Waals surface area (Å²) in [5.74, 6) is -0.478. The molecule has 3 aromatic carbocycles. The molecule has 0 bridgehead atoms. The number of hydrogen-bond donors (Lipinski definition) is 3. The van der Waals surface area contributed by atoms with Crippen LogP contribution in [-0.4, -0.2) is 16.9 Å². The normalized spacial score (nSPS) is 10.5. The molecule has 1 heterocycles. The monoisotopic (exact) mass is 493 g/mol. The molecule has 0 radical (unpaired) electrons. The highest BCUT2D eigenvalue weighted by Gasteiger charge is 2.13. The molecule has 31 heavy (non-hydrogen) atoms. The Morgan fingerprint density at radius 2 is 1.52 bits per heavy atom. The van der Waals surface area contributed by atoms with Gasteiger partial charge in [-0.15, -0.1) is 0 Å². The second-order valence-corrected chi connectivity index (χ2v) is 7.83. The van der Waals surface area contributed by atoms with E-state index in [-0.39, 0.29) is 22.7 Å². The van der Waals surface area contributed by atoms with Gasteiger partial charge in [-0.05, 0) is 70.6 Å². The SMILES string of the molecule is O=C(Nc1cccc(NC(=S)NC(=O)c2ccccc2Br)c1)c1cc2ccccc2o1. The van der Waals surface area contributed by atoms with E-state index in [0.717, 1.165) is 5.39 Å². The molecule has 0 unspecified atom stereocenters. The fourth-order valence-corrected chi connectivity index (χ4v) is 3.61. The summed E-state index contributed by atoms with van der Waals surface area (Å²) < 4.78 is 6.26. The van der Waals surface area contributed by atoms with Crippen LogP contribution in [0.15, 0.2) is 87.8 Å². The number of rotatable bonds is 4. The van der Waals surface area contributed by atoms with Crippen molar-refractivity contribution in [2.75, 3.05) is 10.6 Å². The van der Waals surface area contributed by atoms with Gasteiger partial charge in [0.15, 0.2) is 10.9 Å². The number of amides is 2. The third-order valence-electron chi connectivity index (χ3n) is 4.37. The summed E-state index contributed by atoms with van der Waals surface area (Å²) in [6.45, 7) is 0. The van der Waals surface area contributed by atoms with Crippen LogP contribution in [0.4, 0.5) is 11.4 Å². The van der Waals surface area contributed by atoms with E-state index < -0.39 is 0 Å². The lowest BCUT2D eigenvalue weighted by Gasteiger charge is -2.11. The maximum Gasteiger partial charge on any atom is 0.291 e. The van der Waals surface area contributed by atoms with E-state index in [9.17, 15) is 9.59 Å². The molecule has 4 rings (SSSR count). The smallest absolute Gasteiger partial charge is 0.291 e. The van der Waals surface area contributed by atoms with Gasteiger partial charge in [-0.25, -0.2) is 0 Å². The molecule has 0 spiro atoms. The topological polar surface area (TPSA) is 83.4 Å². The van der Waals surface area contributed by atoms with Crippen molar-refractivity contribution in [1.82, 2.24) is 5.32 Å². The zero-order valence-electron chi connectivity index (χ0n) is 16.0. The van der Waals surface area contributed by atoms with Crippen molar-refractivity contribution < 1.29 is 14.0 Å². The summed E-state index contributed by atoms with van der Waals surface area (Å²) in [5, 5.41) is 9.38. The van der Waals surface area contributed by atoms with Gasteiger partial charge in [-0.2, -0.15) is 0 Å². The predicted molar refractivity (Wildman–Crippen MR) is 128 cm³/mol. The van der Waals surface area contributed by atoms with E-state index in [1.807, 2.05) is 24.3 Å². The zero-order chi connectivity index (χ0) is 21.8. The van der Waals surface area contributed by atoms with Crippen LogP contribution in [0.2, 0.25) is 0 Å². The van der Waals surface area contributed by atoms with E-state index in [2.05, 4.69) is 31.9 Å². The molecule has 154 valence electrons. The molecular weight excluding hydrogens is 478 g/mol. The number of fused-ring (bicyclic) bond motifs is 1. The van der Waals surface area contributed by atoms with Crippen molar-refractivity contribution in [2.24, 2.45) is 0 Å².